The summed E-state index contributed by atoms with van der Waals surface area (Å²) >= 11 is 0. The van der Waals surface area contributed by atoms with E-state index in [9.17, 15) is 16.8 Å². The Morgan fingerprint density at radius 1 is 0.656 bits per heavy atom. The zero-order chi connectivity index (χ0) is 22.6. The summed E-state index contributed by atoms with van der Waals surface area (Å²) in [5, 5.41) is 0. The third kappa shape index (κ3) is 5.15. The molecule has 32 heavy (non-hydrogen) atoms. The highest BCUT2D eigenvalue weighted by Gasteiger charge is 2.30. The normalized spacial score (nSPS) is 19.2. The molecule has 10 heteroatoms. The Bertz CT molecular complexity index is 1090. The van der Waals surface area contributed by atoms with Crippen LogP contribution in [0.4, 0.5) is 0 Å². The largest absolute Gasteiger partial charge is 0.492 e. The van der Waals surface area contributed by atoms with Crippen LogP contribution in [0.1, 0.15) is 12.8 Å². The van der Waals surface area contributed by atoms with E-state index in [0.29, 0.717) is 45.9 Å². The summed E-state index contributed by atoms with van der Waals surface area (Å²) in [5.41, 5.74) is 0. The highest BCUT2D eigenvalue weighted by atomic mass is 32.2. The summed E-state index contributed by atoms with van der Waals surface area (Å²) in [4.78, 5) is 2.45. The fourth-order valence-electron chi connectivity index (χ4n) is 4.01. The van der Waals surface area contributed by atoms with Gasteiger partial charge in [-0.3, -0.25) is 4.90 Å². The van der Waals surface area contributed by atoms with Gasteiger partial charge in [-0.15, -0.1) is 0 Å². The van der Waals surface area contributed by atoms with E-state index in [1.165, 1.54) is 32.9 Å². The molecule has 0 spiro atoms. The number of hydrogen-bond donors (Lipinski definition) is 0. The third-order valence-corrected chi connectivity index (χ3v) is 9.74. The molecule has 174 valence electrons. The number of piperazine rings is 1. The van der Waals surface area contributed by atoms with E-state index >= 15 is 0 Å². The smallest absolute Gasteiger partial charge is 0.243 e. The molecule has 2 aliphatic rings. The SMILES string of the molecule is O=S(=O)(c1ccc(S(=O)(=O)N2CCN(CCOc3ccccc3)CC2)cc1)N1CCCC1. The molecule has 0 saturated carbocycles. The van der Waals surface area contributed by atoms with Gasteiger partial charge in [-0.2, -0.15) is 8.61 Å². The van der Waals surface area contributed by atoms with E-state index < -0.39 is 20.0 Å². The molecule has 0 bridgehead atoms. The fourth-order valence-corrected chi connectivity index (χ4v) is 6.95. The predicted molar refractivity (Wildman–Crippen MR) is 122 cm³/mol. The van der Waals surface area contributed by atoms with Gasteiger partial charge in [-0.1, -0.05) is 18.2 Å². The zero-order valence-corrected chi connectivity index (χ0v) is 19.6. The van der Waals surface area contributed by atoms with E-state index in [4.69, 9.17) is 4.74 Å². The molecular formula is C22H29N3O5S2. The predicted octanol–water partition coefficient (Wildman–Crippen LogP) is 1.86. The molecular weight excluding hydrogens is 450 g/mol. The van der Waals surface area contributed by atoms with Crippen LogP contribution >= 0.6 is 0 Å². The van der Waals surface area contributed by atoms with Gasteiger partial charge in [0.2, 0.25) is 20.0 Å². The molecule has 2 heterocycles. The van der Waals surface area contributed by atoms with Crippen LogP contribution < -0.4 is 4.74 Å². The number of benzene rings is 2. The number of ether oxygens (including phenoxy) is 1. The topological polar surface area (TPSA) is 87.2 Å². The lowest BCUT2D eigenvalue weighted by Crippen LogP contribution is -2.49. The maximum Gasteiger partial charge on any atom is 0.243 e. The van der Waals surface area contributed by atoms with Crippen molar-refractivity contribution in [1.29, 1.82) is 0 Å². The Morgan fingerprint density at radius 2 is 1.16 bits per heavy atom. The highest BCUT2D eigenvalue weighted by Crippen LogP contribution is 2.24. The first-order chi connectivity index (χ1) is 15.4. The minimum atomic E-state index is -3.66. The van der Waals surface area contributed by atoms with Gasteiger partial charge in [0.1, 0.15) is 12.4 Å². The van der Waals surface area contributed by atoms with Crippen LogP contribution in [0.3, 0.4) is 0 Å². The average Bonchev–Trinajstić information content (AvgIpc) is 3.36. The molecule has 8 nitrogen and oxygen atoms in total. The van der Waals surface area contributed by atoms with Crippen molar-refractivity contribution in [2.45, 2.75) is 22.6 Å². The van der Waals surface area contributed by atoms with Gasteiger partial charge in [-0.25, -0.2) is 16.8 Å². The first-order valence-electron chi connectivity index (χ1n) is 10.9. The molecule has 2 aromatic carbocycles. The van der Waals surface area contributed by atoms with E-state index in [2.05, 4.69) is 4.90 Å². The van der Waals surface area contributed by atoms with Crippen LogP contribution in [0.15, 0.2) is 64.4 Å². The second kappa shape index (κ2) is 9.88. The van der Waals surface area contributed by atoms with Gasteiger partial charge >= 0.3 is 0 Å². The Kier molecular flexibility index (Phi) is 7.16. The van der Waals surface area contributed by atoms with E-state index in [1.54, 1.807) is 0 Å². The number of hydrogen-bond acceptors (Lipinski definition) is 6. The van der Waals surface area contributed by atoms with E-state index in [-0.39, 0.29) is 9.79 Å². The highest BCUT2D eigenvalue weighted by molar-refractivity contribution is 7.89. The number of nitrogens with zero attached hydrogens (tertiary/aromatic N) is 3. The van der Waals surface area contributed by atoms with Crippen molar-refractivity contribution in [3.8, 4) is 5.75 Å². The van der Waals surface area contributed by atoms with Crippen LogP contribution in [-0.2, 0) is 20.0 Å². The quantitative estimate of drug-likeness (QED) is 0.574. The first kappa shape index (κ1) is 23.2. The molecule has 2 saturated heterocycles. The van der Waals surface area contributed by atoms with Gasteiger partial charge in [0.05, 0.1) is 9.79 Å². The molecule has 0 atom stereocenters. The van der Waals surface area contributed by atoms with Crippen LogP contribution in [-0.4, -0.2) is 82.8 Å². The van der Waals surface area contributed by atoms with Gasteiger partial charge in [-0.05, 0) is 49.2 Å². The molecule has 0 aliphatic carbocycles. The number of sulfonamides is 2. The second-order valence-corrected chi connectivity index (χ2v) is 11.9. The molecule has 2 fully saturated rings. The lowest BCUT2D eigenvalue weighted by molar-refractivity contribution is 0.159. The van der Waals surface area contributed by atoms with E-state index in [1.807, 2.05) is 30.3 Å². The molecule has 0 amide bonds. The van der Waals surface area contributed by atoms with Crippen LogP contribution in [0.2, 0.25) is 0 Å². The number of para-hydroxylation sites is 1. The minimum Gasteiger partial charge on any atom is -0.492 e. The van der Waals surface area contributed by atoms with Crippen molar-refractivity contribution >= 4 is 20.0 Å². The van der Waals surface area contributed by atoms with Crippen LogP contribution in [0.5, 0.6) is 5.75 Å². The van der Waals surface area contributed by atoms with Gasteiger partial charge < -0.3 is 4.74 Å². The Morgan fingerprint density at radius 3 is 1.69 bits per heavy atom. The van der Waals surface area contributed by atoms with Crippen molar-refractivity contribution in [3.05, 3.63) is 54.6 Å². The Labute approximate surface area is 190 Å². The molecule has 0 N–H and O–H groups in total. The molecule has 0 radical (unpaired) electrons. The third-order valence-electron chi connectivity index (χ3n) is 5.92. The van der Waals surface area contributed by atoms with Crippen molar-refractivity contribution in [1.82, 2.24) is 13.5 Å². The van der Waals surface area contributed by atoms with Crippen molar-refractivity contribution in [3.63, 3.8) is 0 Å². The van der Waals surface area contributed by atoms with Crippen molar-refractivity contribution in [2.75, 3.05) is 52.4 Å². The van der Waals surface area contributed by atoms with Gasteiger partial charge in [0.15, 0.2) is 0 Å². The van der Waals surface area contributed by atoms with Crippen molar-refractivity contribution in [2.24, 2.45) is 0 Å². The standard InChI is InChI=1S/C22H29N3O5S2/c26-31(27,24-12-4-5-13-24)21-8-10-22(11-9-21)32(28,29)25-16-14-23(15-17-25)18-19-30-20-6-2-1-3-7-20/h1-3,6-11H,4-5,12-19H2. The zero-order valence-electron chi connectivity index (χ0n) is 18.0. The Hall–Kier alpha value is -1.98. The number of rotatable bonds is 8. The lowest BCUT2D eigenvalue weighted by atomic mass is 10.3. The monoisotopic (exact) mass is 479 g/mol. The van der Waals surface area contributed by atoms with Crippen LogP contribution in [0.25, 0.3) is 0 Å². The van der Waals surface area contributed by atoms with Crippen LogP contribution in [0, 0.1) is 0 Å². The maximum atomic E-state index is 13.0. The molecule has 0 aromatic heterocycles. The lowest BCUT2D eigenvalue weighted by Gasteiger charge is -2.33. The molecule has 4 rings (SSSR count). The molecule has 0 unspecified atom stereocenters. The Balaban J connectivity index is 1.32. The summed E-state index contributed by atoms with van der Waals surface area (Å²) in [7, 11) is -7.22. The molecule has 2 aromatic rings. The van der Waals surface area contributed by atoms with Gasteiger partial charge in [0.25, 0.3) is 0 Å². The van der Waals surface area contributed by atoms with E-state index in [0.717, 1.165) is 25.1 Å². The first-order valence-corrected chi connectivity index (χ1v) is 13.8. The fraction of sp³-hybridized carbons (Fsp3) is 0.455. The summed E-state index contributed by atoms with van der Waals surface area (Å²) in [5.74, 6) is 0.823. The summed E-state index contributed by atoms with van der Waals surface area (Å²) < 4.78 is 60.0. The average molecular weight is 480 g/mol. The summed E-state index contributed by atoms with van der Waals surface area (Å²) in [6.45, 7) is 4.34. The summed E-state index contributed by atoms with van der Waals surface area (Å²) in [6.07, 6.45) is 1.71. The second-order valence-electron chi connectivity index (χ2n) is 7.99. The van der Waals surface area contributed by atoms with Gasteiger partial charge in [0, 0.05) is 45.8 Å². The molecule has 2 aliphatic heterocycles. The van der Waals surface area contributed by atoms with Crippen molar-refractivity contribution < 1.29 is 21.6 Å². The minimum absolute atomic E-state index is 0.124. The maximum absolute atomic E-state index is 13.0. The summed E-state index contributed by atoms with van der Waals surface area (Å²) in [6, 6.07) is 15.2.